The number of aromatic hydroxyl groups is 1. The highest BCUT2D eigenvalue weighted by Crippen LogP contribution is 2.31. The summed E-state index contributed by atoms with van der Waals surface area (Å²) in [5.74, 6) is 1.35. The van der Waals surface area contributed by atoms with Crippen molar-refractivity contribution in [3.05, 3.63) is 30.3 Å². The van der Waals surface area contributed by atoms with Crippen molar-refractivity contribution in [1.29, 1.82) is 0 Å². The first-order valence-corrected chi connectivity index (χ1v) is 6.29. The first-order chi connectivity index (χ1) is 8.63. The fourth-order valence-corrected chi connectivity index (χ4v) is 2.53. The predicted octanol–water partition coefficient (Wildman–Crippen LogP) is 3.02. The minimum atomic E-state index is 0.280. The van der Waals surface area contributed by atoms with Crippen molar-refractivity contribution in [2.24, 2.45) is 0 Å². The van der Waals surface area contributed by atoms with Crippen LogP contribution in [0.15, 0.2) is 30.3 Å². The van der Waals surface area contributed by atoms with Crippen LogP contribution in [0.25, 0.3) is 11.3 Å². The Morgan fingerprint density at radius 2 is 2.00 bits per heavy atom. The van der Waals surface area contributed by atoms with Gasteiger partial charge in [-0.25, -0.2) is 4.68 Å². The average Bonchev–Trinajstić information content (AvgIpc) is 2.74. The molecule has 0 saturated heterocycles. The van der Waals surface area contributed by atoms with E-state index in [-0.39, 0.29) is 5.75 Å². The lowest BCUT2D eigenvalue weighted by atomic mass is 10.1. The van der Waals surface area contributed by atoms with E-state index in [0.717, 1.165) is 23.5 Å². The number of fused-ring (bicyclic) bond motifs is 1. The van der Waals surface area contributed by atoms with Gasteiger partial charge in [-0.2, -0.15) is 5.10 Å². The first kappa shape index (κ1) is 11.1. The van der Waals surface area contributed by atoms with Crippen LogP contribution in [-0.4, -0.2) is 20.9 Å². The molecule has 0 spiro atoms. The smallest absolute Gasteiger partial charge is 0.125 e. The summed E-state index contributed by atoms with van der Waals surface area (Å²) in [6.07, 6.45) is 1.09. The van der Waals surface area contributed by atoms with Crippen molar-refractivity contribution >= 4 is 5.82 Å². The van der Waals surface area contributed by atoms with Crippen molar-refractivity contribution in [1.82, 2.24) is 9.78 Å². The van der Waals surface area contributed by atoms with Gasteiger partial charge in [0, 0.05) is 17.7 Å². The molecule has 0 radical (unpaired) electrons. The number of nitrogens with zero attached hydrogens (tertiary/aromatic N) is 2. The summed E-state index contributed by atoms with van der Waals surface area (Å²) < 4.78 is 2.04. The van der Waals surface area contributed by atoms with Gasteiger partial charge >= 0.3 is 0 Å². The molecule has 4 heteroatoms. The van der Waals surface area contributed by atoms with E-state index in [4.69, 9.17) is 0 Å². The number of aromatic nitrogens is 2. The van der Waals surface area contributed by atoms with Crippen molar-refractivity contribution in [3.8, 4) is 17.0 Å². The zero-order valence-electron chi connectivity index (χ0n) is 10.6. The van der Waals surface area contributed by atoms with Crippen molar-refractivity contribution in [2.45, 2.75) is 32.4 Å². The summed E-state index contributed by atoms with van der Waals surface area (Å²) in [5.41, 5.74) is 1.97. The van der Waals surface area contributed by atoms with Gasteiger partial charge in [0.2, 0.25) is 0 Å². The predicted molar refractivity (Wildman–Crippen MR) is 71.7 cm³/mol. The van der Waals surface area contributed by atoms with E-state index in [1.807, 2.05) is 16.8 Å². The van der Waals surface area contributed by atoms with Crippen LogP contribution in [0.3, 0.4) is 0 Å². The Hall–Kier alpha value is -1.97. The van der Waals surface area contributed by atoms with Crippen molar-refractivity contribution in [2.75, 3.05) is 5.32 Å². The van der Waals surface area contributed by atoms with Crippen LogP contribution in [-0.2, 0) is 0 Å². The van der Waals surface area contributed by atoms with Gasteiger partial charge in [-0.15, -0.1) is 0 Å². The van der Waals surface area contributed by atoms with E-state index in [1.165, 1.54) is 0 Å². The number of hydrogen-bond donors (Lipinski definition) is 2. The van der Waals surface area contributed by atoms with E-state index < -0.39 is 0 Å². The maximum atomic E-state index is 9.30. The second kappa shape index (κ2) is 4.05. The second-order valence-corrected chi connectivity index (χ2v) is 5.04. The van der Waals surface area contributed by atoms with E-state index in [0.29, 0.717) is 12.1 Å². The maximum absolute atomic E-state index is 9.30. The molecule has 2 aromatic rings. The first-order valence-electron chi connectivity index (χ1n) is 6.29. The third-order valence-corrected chi connectivity index (χ3v) is 3.41. The SMILES string of the molecule is CC1CC(C)n2nc(-c3ccc(O)cc3)cc2N1. The number of phenols is 1. The summed E-state index contributed by atoms with van der Waals surface area (Å²) in [7, 11) is 0. The molecule has 0 aliphatic carbocycles. The highest BCUT2D eigenvalue weighted by molar-refractivity contribution is 5.64. The van der Waals surface area contributed by atoms with Crippen LogP contribution in [0.5, 0.6) is 5.75 Å². The molecule has 2 atom stereocenters. The Bertz CT molecular complexity index is 559. The molecule has 0 saturated carbocycles. The molecule has 4 nitrogen and oxygen atoms in total. The molecule has 1 aliphatic rings. The number of anilines is 1. The highest BCUT2D eigenvalue weighted by atomic mass is 16.3. The van der Waals surface area contributed by atoms with E-state index in [1.54, 1.807) is 12.1 Å². The Morgan fingerprint density at radius 3 is 2.72 bits per heavy atom. The molecular formula is C14H17N3O. The summed E-state index contributed by atoms with van der Waals surface area (Å²) in [4.78, 5) is 0. The Labute approximate surface area is 106 Å². The number of benzene rings is 1. The Morgan fingerprint density at radius 1 is 1.28 bits per heavy atom. The van der Waals surface area contributed by atoms with Crippen LogP contribution in [0.1, 0.15) is 26.3 Å². The van der Waals surface area contributed by atoms with Gasteiger partial charge < -0.3 is 10.4 Å². The molecule has 2 heterocycles. The van der Waals surface area contributed by atoms with Gasteiger partial charge in [0.25, 0.3) is 0 Å². The van der Waals surface area contributed by atoms with Gasteiger partial charge in [0.1, 0.15) is 11.6 Å². The fourth-order valence-electron chi connectivity index (χ4n) is 2.53. The summed E-state index contributed by atoms with van der Waals surface area (Å²) in [6.45, 7) is 4.38. The Balaban J connectivity index is 2.00. The standard InChI is InChI=1S/C14H17N3O/c1-9-7-10(2)17-14(15-9)8-13(16-17)11-3-5-12(18)6-4-11/h3-6,8-10,15,18H,7H2,1-2H3. The topological polar surface area (TPSA) is 50.1 Å². The van der Waals surface area contributed by atoms with E-state index in [2.05, 4.69) is 30.3 Å². The quantitative estimate of drug-likeness (QED) is 0.809. The van der Waals surface area contributed by atoms with Gasteiger partial charge in [-0.1, -0.05) is 0 Å². The van der Waals surface area contributed by atoms with E-state index in [9.17, 15) is 5.11 Å². The molecule has 3 rings (SSSR count). The van der Waals surface area contributed by atoms with Crippen LogP contribution in [0.2, 0.25) is 0 Å². The molecule has 0 amide bonds. The fraction of sp³-hybridized carbons (Fsp3) is 0.357. The summed E-state index contributed by atoms with van der Waals surface area (Å²) in [5, 5.41) is 17.4. The van der Waals surface area contributed by atoms with E-state index >= 15 is 0 Å². The number of rotatable bonds is 1. The van der Waals surface area contributed by atoms with Gasteiger partial charge in [-0.3, -0.25) is 0 Å². The Kier molecular flexibility index (Phi) is 2.51. The third kappa shape index (κ3) is 1.83. The minimum absolute atomic E-state index is 0.280. The average molecular weight is 243 g/mol. The molecule has 1 aromatic carbocycles. The van der Waals surface area contributed by atoms with Crippen LogP contribution in [0.4, 0.5) is 5.82 Å². The summed E-state index contributed by atoms with van der Waals surface area (Å²) >= 11 is 0. The zero-order valence-corrected chi connectivity index (χ0v) is 10.6. The highest BCUT2D eigenvalue weighted by Gasteiger charge is 2.22. The summed E-state index contributed by atoms with van der Waals surface area (Å²) in [6, 6.07) is 10.1. The van der Waals surface area contributed by atoms with Crippen molar-refractivity contribution < 1.29 is 5.11 Å². The van der Waals surface area contributed by atoms with Gasteiger partial charge in [0.15, 0.2) is 0 Å². The second-order valence-electron chi connectivity index (χ2n) is 5.04. The van der Waals surface area contributed by atoms with Gasteiger partial charge in [-0.05, 0) is 44.5 Å². The molecule has 2 N–H and O–H groups in total. The van der Waals surface area contributed by atoms with Crippen LogP contribution < -0.4 is 5.32 Å². The lowest BCUT2D eigenvalue weighted by molar-refractivity contribution is 0.414. The van der Waals surface area contributed by atoms with Gasteiger partial charge in [0.05, 0.1) is 11.7 Å². The molecule has 1 aromatic heterocycles. The molecule has 18 heavy (non-hydrogen) atoms. The lowest BCUT2D eigenvalue weighted by Crippen LogP contribution is -2.28. The minimum Gasteiger partial charge on any atom is -0.508 e. The van der Waals surface area contributed by atoms with Crippen LogP contribution >= 0.6 is 0 Å². The zero-order chi connectivity index (χ0) is 12.7. The molecule has 0 bridgehead atoms. The molecule has 2 unspecified atom stereocenters. The monoisotopic (exact) mass is 243 g/mol. The number of phenolic OH excluding ortho intramolecular Hbond substituents is 1. The molecule has 0 fully saturated rings. The lowest BCUT2D eigenvalue weighted by Gasteiger charge is -2.27. The molecule has 94 valence electrons. The van der Waals surface area contributed by atoms with Crippen LogP contribution in [0, 0.1) is 0 Å². The number of hydrogen-bond acceptors (Lipinski definition) is 3. The molecule has 1 aliphatic heterocycles. The molecular weight excluding hydrogens is 226 g/mol. The van der Waals surface area contributed by atoms with Crippen molar-refractivity contribution in [3.63, 3.8) is 0 Å². The third-order valence-electron chi connectivity index (χ3n) is 3.41. The largest absolute Gasteiger partial charge is 0.508 e. The maximum Gasteiger partial charge on any atom is 0.125 e. The normalized spacial score (nSPS) is 22.3. The number of nitrogens with one attached hydrogen (secondary N) is 1.